The van der Waals surface area contributed by atoms with Crippen LogP contribution in [0.5, 0.6) is 0 Å². The first-order valence-electron chi connectivity index (χ1n) is 6.17. The van der Waals surface area contributed by atoms with E-state index in [0.29, 0.717) is 5.88 Å². The molecule has 3 rings (SSSR count). The number of nitrogens with zero attached hydrogens (tertiary/aromatic N) is 3. The number of aryl methyl sites for hydroxylation is 2. The fourth-order valence-corrected chi connectivity index (χ4v) is 2.97. The number of halogens is 1. The van der Waals surface area contributed by atoms with E-state index in [-0.39, 0.29) is 0 Å². The largest absolute Gasteiger partial charge is 0.323 e. The fraction of sp³-hybridized carbons (Fsp3) is 0.286. The Kier molecular flexibility index (Phi) is 3.53. The van der Waals surface area contributed by atoms with Gasteiger partial charge in [0.15, 0.2) is 0 Å². The highest BCUT2D eigenvalue weighted by molar-refractivity contribution is 7.09. The molecule has 0 saturated heterocycles. The van der Waals surface area contributed by atoms with Crippen LogP contribution in [0.1, 0.15) is 16.3 Å². The first kappa shape index (κ1) is 12.6. The fourth-order valence-electron chi connectivity index (χ4n) is 2.22. The zero-order chi connectivity index (χ0) is 13.2. The number of hydrogen-bond donors (Lipinski definition) is 0. The number of thiazole rings is 1. The summed E-state index contributed by atoms with van der Waals surface area (Å²) in [5, 5.41) is 0. The normalized spacial score (nSPS) is 11.3. The van der Waals surface area contributed by atoms with Crippen molar-refractivity contribution in [2.24, 2.45) is 0 Å². The van der Waals surface area contributed by atoms with Crippen molar-refractivity contribution in [2.45, 2.75) is 19.9 Å². The first-order chi connectivity index (χ1) is 9.28. The molecule has 5 heteroatoms. The number of rotatable bonds is 4. The van der Waals surface area contributed by atoms with E-state index in [1.807, 2.05) is 11.7 Å². The lowest BCUT2D eigenvalue weighted by Gasteiger charge is -2.06. The van der Waals surface area contributed by atoms with Crippen LogP contribution in [0.2, 0.25) is 0 Å². The summed E-state index contributed by atoms with van der Waals surface area (Å²) in [6.07, 6.45) is 2.70. The monoisotopic (exact) mass is 291 g/mol. The second kappa shape index (κ2) is 5.31. The molecule has 0 radical (unpaired) electrons. The van der Waals surface area contributed by atoms with Crippen LogP contribution in [0.25, 0.3) is 11.0 Å². The van der Waals surface area contributed by atoms with Gasteiger partial charge >= 0.3 is 0 Å². The van der Waals surface area contributed by atoms with E-state index >= 15 is 0 Å². The molecular weight excluding hydrogens is 278 g/mol. The molecule has 2 heterocycles. The van der Waals surface area contributed by atoms with Crippen LogP contribution in [0.15, 0.2) is 29.9 Å². The Balaban J connectivity index is 2.10. The third-order valence-electron chi connectivity index (χ3n) is 3.10. The van der Waals surface area contributed by atoms with Crippen molar-refractivity contribution in [3.8, 4) is 0 Å². The zero-order valence-corrected chi connectivity index (χ0v) is 12.2. The predicted molar refractivity (Wildman–Crippen MR) is 80.1 cm³/mol. The van der Waals surface area contributed by atoms with Gasteiger partial charge in [0.1, 0.15) is 5.82 Å². The molecule has 0 atom stereocenters. The van der Waals surface area contributed by atoms with E-state index in [4.69, 9.17) is 16.6 Å². The van der Waals surface area contributed by atoms with Gasteiger partial charge in [-0.2, -0.15) is 0 Å². The minimum absolute atomic E-state index is 0.588. The van der Waals surface area contributed by atoms with E-state index in [2.05, 4.69) is 34.7 Å². The summed E-state index contributed by atoms with van der Waals surface area (Å²) in [6, 6.07) is 6.38. The van der Waals surface area contributed by atoms with Gasteiger partial charge in [0.25, 0.3) is 0 Å². The van der Waals surface area contributed by atoms with Crippen molar-refractivity contribution in [1.82, 2.24) is 14.5 Å². The predicted octanol–water partition coefficient (Wildman–Crippen LogP) is 3.63. The van der Waals surface area contributed by atoms with Gasteiger partial charge in [0.2, 0.25) is 0 Å². The van der Waals surface area contributed by atoms with Gasteiger partial charge in [-0.05, 0) is 24.6 Å². The Labute approximate surface area is 120 Å². The Hall–Kier alpha value is -1.39. The van der Waals surface area contributed by atoms with Gasteiger partial charge in [-0.1, -0.05) is 6.07 Å². The van der Waals surface area contributed by atoms with Crippen LogP contribution in [-0.4, -0.2) is 20.4 Å². The number of fused-ring (bicyclic) bond motifs is 1. The number of imidazole rings is 1. The smallest absolute Gasteiger partial charge is 0.111 e. The standard InChI is InChI=1S/C14H14ClN3S/c1-10-2-3-13-12(6-10)17-14(4-5-15)18(13)8-11-7-16-9-19-11/h2-3,6-7,9H,4-5,8H2,1H3. The second-order valence-electron chi connectivity index (χ2n) is 4.51. The van der Waals surface area contributed by atoms with Crippen molar-refractivity contribution in [3.63, 3.8) is 0 Å². The molecule has 0 aliphatic carbocycles. The maximum atomic E-state index is 5.89. The van der Waals surface area contributed by atoms with Crippen LogP contribution >= 0.6 is 22.9 Å². The van der Waals surface area contributed by atoms with Crippen LogP contribution in [0, 0.1) is 6.92 Å². The third kappa shape index (κ3) is 2.51. The molecule has 0 N–H and O–H groups in total. The van der Waals surface area contributed by atoms with Gasteiger partial charge in [0.05, 0.1) is 23.1 Å². The molecule has 98 valence electrons. The van der Waals surface area contributed by atoms with E-state index in [9.17, 15) is 0 Å². The van der Waals surface area contributed by atoms with Gasteiger partial charge in [0, 0.05) is 23.4 Å². The summed E-state index contributed by atoms with van der Waals surface area (Å²) in [5.41, 5.74) is 5.30. The minimum atomic E-state index is 0.588. The van der Waals surface area contributed by atoms with Gasteiger partial charge in [-0.3, -0.25) is 4.98 Å². The molecule has 3 nitrogen and oxygen atoms in total. The van der Waals surface area contributed by atoms with E-state index in [0.717, 1.165) is 24.3 Å². The number of hydrogen-bond acceptors (Lipinski definition) is 3. The summed E-state index contributed by atoms with van der Waals surface area (Å²) in [4.78, 5) is 10.1. The molecule has 0 spiro atoms. The molecule has 1 aromatic carbocycles. The van der Waals surface area contributed by atoms with Gasteiger partial charge in [-0.25, -0.2) is 4.98 Å². The number of benzene rings is 1. The molecule has 0 amide bonds. The van der Waals surface area contributed by atoms with E-state index in [1.165, 1.54) is 16.0 Å². The molecular formula is C14H14ClN3S. The molecule has 0 saturated carbocycles. The van der Waals surface area contributed by atoms with Gasteiger partial charge < -0.3 is 4.57 Å². The highest BCUT2D eigenvalue weighted by Gasteiger charge is 2.11. The Morgan fingerprint density at radius 2 is 2.26 bits per heavy atom. The SMILES string of the molecule is Cc1ccc2c(c1)nc(CCCl)n2Cc1cncs1. The molecule has 0 aliphatic rings. The van der Waals surface area contributed by atoms with E-state index < -0.39 is 0 Å². The molecule has 19 heavy (non-hydrogen) atoms. The quantitative estimate of drug-likeness (QED) is 0.687. The van der Waals surface area contributed by atoms with Crippen molar-refractivity contribution >= 4 is 34.0 Å². The summed E-state index contributed by atoms with van der Waals surface area (Å²) in [5.74, 6) is 1.63. The Bertz CT molecular complexity index is 688. The Morgan fingerprint density at radius 1 is 1.37 bits per heavy atom. The lowest BCUT2D eigenvalue weighted by Crippen LogP contribution is -2.04. The summed E-state index contributed by atoms with van der Waals surface area (Å²) in [6.45, 7) is 2.90. The average molecular weight is 292 g/mol. The van der Waals surface area contributed by atoms with Gasteiger partial charge in [-0.15, -0.1) is 22.9 Å². The number of aromatic nitrogens is 3. The summed E-state index contributed by atoms with van der Waals surface area (Å²) in [7, 11) is 0. The topological polar surface area (TPSA) is 30.7 Å². The highest BCUT2D eigenvalue weighted by atomic mass is 35.5. The average Bonchev–Trinajstić information content (AvgIpc) is 2.99. The van der Waals surface area contributed by atoms with Crippen LogP contribution in [0.3, 0.4) is 0 Å². The molecule has 2 aromatic heterocycles. The maximum Gasteiger partial charge on any atom is 0.111 e. The summed E-state index contributed by atoms with van der Waals surface area (Å²) < 4.78 is 2.24. The van der Waals surface area contributed by atoms with Crippen molar-refractivity contribution in [2.75, 3.05) is 5.88 Å². The second-order valence-corrected chi connectivity index (χ2v) is 5.86. The lowest BCUT2D eigenvalue weighted by molar-refractivity contribution is 0.762. The molecule has 0 aliphatic heterocycles. The Morgan fingerprint density at radius 3 is 3.00 bits per heavy atom. The summed E-state index contributed by atoms with van der Waals surface area (Å²) >= 11 is 7.55. The zero-order valence-electron chi connectivity index (χ0n) is 10.6. The highest BCUT2D eigenvalue weighted by Crippen LogP contribution is 2.21. The van der Waals surface area contributed by atoms with Crippen LogP contribution in [-0.2, 0) is 13.0 Å². The van der Waals surface area contributed by atoms with Crippen molar-refractivity contribution in [1.29, 1.82) is 0 Å². The first-order valence-corrected chi connectivity index (χ1v) is 7.58. The van der Waals surface area contributed by atoms with Crippen molar-refractivity contribution < 1.29 is 0 Å². The molecule has 3 aromatic rings. The van der Waals surface area contributed by atoms with Crippen LogP contribution < -0.4 is 0 Å². The van der Waals surface area contributed by atoms with Crippen LogP contribution in [0.4, 0.5) is 0 Å². The minimum Gasteiger partial charge on any atom is -0.323 e. The lowest BCUT2D eigenvalue weighted by atomic mass is 10.2. The van der Waals surface area contributed by atoms with E-state index in [1.54, 1.807) is 11.3 Å². The van der Waals surface area contributed by atoms with Crippen molar-refractivity contribution in [3.05, 3.63) is 46.2 Å². The molecule has 0 bridgehead atoms. The number of alkyl halides is 1. The molecule has 0 fully saturated rings. The molecule has 0 unspecified atom stereocenters. The third-order valence-corrected chi connectivity index (χ3v) is 4.05. The maximum absolute atomic E-state index is 5.89.